The third-order valence-electron chi connectivity index (χ3n) is 4.09. The van der Waals surface area contributed by atoms with Gasteiger partial charge in [-0.25, -0.2) is 0 Å². The Morgan fingerprint density at radius 3 is 2.70 bits per heavy atom. The van der Waals surface area contributed by atoms with Crippen molar-refractivity contribution in [2.45, 2.75) is 18.6 Å². The van der Waals surface area contributed by atoms with Crippen molar-refractivity contribution in [1.29, 1.82) is 0 Å². The lowest BCUT2D eigenvalue weighted by Crippen LogP contribution is -2.15. The lowest BCUT2D eigenvalue weighted by Gasteiger charge is -2.09. The number of anilines is 1. The smallest absolute Gasteiger partial charge is 0.293 e. The Balaban J connectivity index is 1.74. The second-order valence-corrected chi connectivity index (χ2v) is 7.71. The van der Waals surface area contributed by atoms with Crippen LogP contribution in [0.5, 0.6) is 0 Å². The third-order valence-corrected chi connectivity index (χ3v) is 5.31. The molecule has 8 nitrogen and oxygen atoms in total. The number of nitrogens with zero attached hydrogens (tertiary/aromatic N) is 4. The minimum atomic E-state index is -0.519. The van der Waals surface area contributed by atoms with Crippen LogP contribution in [0.15, 0.2) is 60.3 Å². The van der Waals surface area contributed by atoms with E-state index in [1.54, 1.807) is 31.2 Å². The molecule has 0 saturated carbocycles. The van der Waals surface area contributed by atoms with Gasteiger partial charge in [0.15, 0.2) is 11.0 Å². The van der Waals surface area contributed by atoms with Gasteiger partial charge in [-0.3, -0.25) is 19.5 Å². The Morgan fingerprint density at radius 2 is 2.03 bits per heavy atom. The summed E-state index contributed by atoms with van der Waals surface area (Å²) in [6.45, 7) is 5.97. The molecule has 3 rings (SSSR count). The standard InChI is InChI=1S/C20H18ClN5O3S/c1-3-10-25-19(14-5-7-15(21)8-6-14)23-24-20(25)30-12-18(27)22-16-9-4-13(2)11-17(16)26(28)29/h3-9,11H,1,10,12H2,2H3,(H,22,27). The van der Waals surface area contributed by atoms with Gasteiger partial charge in [-0.05, 0) is 42.8 Å². The number of thioether (sulfide) groups is 1. The number of nitrogens with one attached hydrogen (secondary N) is 1. The van der Waals surface area contributed by atoms with Crippen molar-refractivity contribution in [3.05, 3.63) is 75.8 Å². The number of aromatic nitrogens is 3. The van der Waals surface area contributed by atoms with E-state index < -0.39 is 4.92 Å². The quantitative estimate of drug-likeness (QED) is 0.233. The second kappa shape index (κ2) is 9.55. The van der Waals surface area contributed by atoms with Crippen LogP contribution < -0.4 is 5.32 Å². The first-order valence-corrected chi connectivity index (χ1v) is 10.2. The van der Waals surface area contributed by atoms with Gasteiger partial charge in [0, 0.05) is 23.2 Å². The molecule has 1 N–H and O–H groups in total. The third kappa shape index (κ3) is 5.05. The number of allylic oxidation sites excluding steroid dienone is 1. The highest BCUT2D eigenvalue weighted by molar-refractivity contribution is 7.99. The van der Waals surface area contributed by atoms with Gasteiger partial charge in [0.2, 0.25) is 5.91 Å². The molecule has 0 radical (unpaired) electrons. The van der Waals surface area contributed by atoms with Crippen LogP contribution >= 0.6 is 23.4 Å². The monoisotopic (exact) mass is 443 g/mol. The molecule has 0 unspecified atom stereocenters. The lowest BCUT2D eigenvalue weighted by atomic mass is 10.2. The molecule has 0 spiro atoms. The zero-order valence-corrected chi connectivity index (χ0v) is 17.6. The van der Waals surface area contributed by atoms with Gasteiger partial charge in [0.1, 0.15) is 5.69 Å². The minimum Gasteiger partial charge on any atom is -0.320 e. The predicted molar refractivity (Wildman–Crippen MR) is 118 cm³/mol. The molecular weight excluding hydrogens is 426 g/mol. The fourth-order valence-corrected chi connectivity index (χ4v) is 3.59. The van der Waals surface area contributed by atoms with Crippen molar-refractivity contribution in [1.82, 2.24) is 14.8 Å². The van der Waals surface area contributed by atoms with Crippen molar-refractivity contribution in [2.24, 2.45) is 0 Å². The van der Waals surface area contributed by atoms with E-state index >= 15 is 0 Å². The summed E-state index contributed by atoms with van der Waals surface area (Å²) < 4.78 is 1.84. The number of nitro groups is 1. The van der Waals surface area contributed by atoms with Gasteiger partial charge in [-0.1, -0.05) is 35.5 Å². The van der Waals surface area contributed by atoms with Crippen molar-refractivity contribution in [3.63, 3.8) is 0 Å². The number of amides is 1. The van der Waals surface area contributed by atoms with Crippen molar-refractivity contribution in [3.8, 4) is 11.4 Å². The first kappa shape index (κ1) is 21.5. The minimum absolute atomic E-state index is 0.0148. The van der Waals surface area contributed by atoms with E-state index in [2.05, 4.69) is 22.1 Å². The van der Waals surface area contributed by atoms with Crippen LogP contribution in [0.1, 0.15) is 5.56 Å². The average molecular weight is 444 g/mol. The maximum absolute atomic E-state index is 12.4. The molecule has 1 amide bonds. The van der Waals surface area contributed by atoms with E-state index in [0.29, 0.717) is 22.5 Å². The Hall–Kier alpha value is -3.17. The highest BCUT2D eigenvalue weighted by atomic mass is 35.5. The number of halogens is 1. The fourth-order valence-electron chi connectivity index (χ4n) is 2.72. The predicted octanol–water partition coefficient (Wildman–Crippen LogP) is 4.73. The van der Waals surface area contributed by atoms with E-state index in [0.717, 1.165) is 11.1 Å². The highest BCUT2D eigenvalue weighted by Crippen LogP contribution is 2.27. The van der Waals surface area contributed by atoms with Crippen LogP contribution in [0.2, 0.25) is 5.02 Å². The molecule has 0 bridgehead atoms. The van der Waals surface area contributed by atoms with Crippen LogP contribution in [0.25, 0.3) is 11.4 Å². The maximum atomic E-state index is 12.4. The molecule has 1 aromatic heterocycles. The van der Waals surface area contributed by atoms with E-state index in [-0.39, 0.29) is 23.0 Å². The van der Waals surface area contributed by atoms with Gasteiger partial charge in [-0.15, -0.1) is 16.8 Å². The summed E-state index contributed by atoms with van der Waals surface area (Å²) in [7, 11) is 0. The zero-order valence-electron chi connectivity index (χ0n) is 16.0. The number of carbonyl (C=O) groups is 1. The number of hydrogen-bond acceptors (Lipinski definition) is 6. The molecule has 1 heterocycles. The van der Waals surface area contributed by atoms with Gasteiger partial charge >= 0.3 is 0 Å². The molecule has 0 aliphatic carbocycles. The normalized spacial score (nSPS) is 10.6. The van der Waals surface area contributed by atoms with Crippen LogP contribution in [-0.4, -0.2) is 31.3 Å². The highest BCUT2D eigenvalue weighted by Gasteiger charge is 2.18. The number of rotatable bonds is 8. The summed E-state index contributed by atoms with van der Waals surface area (Å²) in [6.07, 6.45) is 1.71. The molecule has 154 valence electrons. The Kier molecular flexibility index (Phi) is 6.86. The van der Waals surface area contributed by atoms with Crippen molar-refractivity contribution in [2.75, 3.05) is 11.1 Å². The maximum Gasteiger partial charge on any atom is 0.293 e. The topological polar surface area (TPSA) is 103 Å². The number of aryl methyl sites for hydroxylation is 1. The second-order valence-electron chi connectivity index (χ2n) is 6.33. The van der Waals surface area contributed by atoms with Crippen molar-refractivity contribution >= 4 is 40.6 Å². The van der Waals surface area contributed by atoms with Gasteiger partial charge < -0.3 is 5.32 Å². The summed E-state index contributed by atoms with van der Waals surface area (Å²) in [5, 5.41) is 23.4. The lowest BCUT2D eigenvalue weighted by molar-refractivity contribution is -0.384. The van der Waals surface area contributed by atoms with Gasteiger partial charge in [-0.2, -0.15) is 0 Å². The number of hydrogen-bond donors (Lipinski definition) is 1. The average Bonchev–Trinajstić information content (AvgIpc) is 3.11. The molecule has 0 aliphatic heterocycles. The molecule has 2 aromatic carbocycles. The van der Waals surface area contributed by atoms with Crippen molar-refractivity contribution < 1.29 is 9.72 Å². The van der Waals surface area contributed by atoms with Gasteiger partial charge in [0.05, 0.1) is 10.7 Å². The summed E-state index contributed by atoms with van der Waals surface area (Å²) in [5.74, 6) is 0.262. The van der Waals surface area contributed by atoms with Crippen LogP contribution in [0, 0.1) is 17.0 Å². The van der Waals surface area contributed by atoms with E-state index in [1.807, 2.05) is 16.7 Å². The Morgan fingerprint density at radius 1 is 1.30 bits per heavy atom. The molecule has 0 saturated heterocycles. The summed E-state index contributed by atoms with van der Waals surface area (Å²) in [5.41, 5.74) is 1.58. The fraction of sp³-hybridized carbons (Fsp3) is 0.150. The molecule has 10 heteroatoms. The Labute approximate surface area is 182 Å². The van der Waals surface area contributed by atoms with Gasteiger partial charge in [0.25, 0.3) is 5.69 Å². The molecule has 0 fully saturated rings. The number of nitro benzene ring substituents is 1. The van der Waals surface area contributed by atoms with Crippen LogP contribution in [0.4, 0.5) is 11.4 Å². The van der Waals surface area contributed by atoms with Crippen LogP contribution in [0.3, 0.4) is 0 Å². The summed E-state index contributed by atoms with van der Waals surface area (Å²) >= 11 is 7.13. The molecule has 0 atom stereocenters. The van der Waals surface area contributed by atoms with E-state index in [1.165, 1.54) is 23.9 Å². The zero-order chi connectivity index (χ0) is 21.7. The molecule has 0 aliphatic rings. The first-order chi connectivity index (χ1) is 14.4. The Bertz CT molecular complexity index is 1100. The van der Waals surface area contributed by atoms with Crippen LogP contribution in [-0.2, 0) is 11.3 Å². The summed E-state index contributed by atoms with van der Waals surface area (Å²) in [4.78, 5) is 23.1. The molecular formula is C20H18ClN5O3S. The SMILES string of the molecule is C=CCn1c(SCC(=O)Nc2ccc(C)cc2[N+](=O)[O-])nnc1-c1ccc(Cl)cc1. The number of carbonyl (C=O) groups excluding carboxylic acids is 1. The molecule has 30 heavy (non-hydrogen) atoms. The summed E-state index contributed by atoms with van der Waals surface area (Å²) in [6, 6.07) is 11.8. The van der Waals surface area contributed by atoms with E-state index in [4.69, 9.17) is 11.6 Å². The molecule has 3 aromatic rings. The number of benzene rings is 2. The van der Waals surface area contributed by atoms with E-state index in [9.17, 15) is 14.9 Å². The largest absolute Gasteiger partial charge is 0.320 e. The first-order valence-electron chi connectivity index (χ1n) is 8.86.